The maximum Gasteiger partial charge on any atom is 0.0910 e. The lowest BCUT2D eigenvalue weighted by Gasteiger charge is -2.49. The van der Waals surface area contributed by atoms with Gasteiger partial charge in [-0.2, -0.15) is 0 Å². The molecule has 2 rings (SSSR count). The molecule has 2 heteroatoms. The van der Waals surface area contributed by atoms with Crippen LogP contribution in [0.4, 0.5) is 0 Å². The van der Waals surface area contributed by atoms with E-state index in [4.69, 9.17) is 0 Å². The van der Waals surface area contributed by atoms with Gasteiger partial charge >= 0.3 is 0 Å². The summed E-state index contributed by atoms with van der Waals surface area (Å²) in [5.74, 6) is 6.46. The molecule has 0 aromatic carbocycles. The van der Waals surface area contributed by atoms with Gasteiger partial charge in [-0.3, -0.25) is 0 Å². The van der Waals surface area contributed by atoms with E-state index >= 15 is 0 Å². The third-order valence-corrected chi connectivity index (χ3v) is 13.6. The molecule has 0 aliphatic heterocycles. The van der Waals surface area contributed by atoms with E-state index in [9.17, 15) is 0 Å². The fraction of sp³-hybridized carbons (Fsp3) is 1.00. The molecule has 48 heavy (non-hydrogen) atoms. The molecule has 0 saturated heterocycles. The monoisotopic (exact) mass is 694 g/mol. The second-order valence-corrected chi connectivity index (χ2v) is 18.4. The zero-order valence-electron chi connectivity index (χ0n) is 34.6. The SMILES string of the molecule is CCCCC(CC)CCCCCCCCCCCCCCCCCCC[NH+](C1CC(C)CCC1C(C)C)C1CC(C)CCC1C(C)C.[Cl-]. The zero-order chi connectivity index (χ0) is 34.3. The lowest BCUT2D eigenvalue weighted by atomic mass is 9.69. The van der Waals surface area contributed by atoms with Crippen LogP contribution in [0.2, 0.25) is 0 Å². The van der Waals surface area contributed by atoms with Crippen LogP contribution in [0.15, 0.2) is 0 Å². The summed E-state index contributed by atoms with van der Waals surface area (Å²) in [6, 6.07) is 1.83. The van der Waals surface area contributed by atoms with Crippen molar-refractivity contribution in [1.82, 2.24) is 0 Å². The van der Waals surface area contributed by atoms with Gasteiger partial charge in [0.1, 0.15) is 0 Å². The highest BCUT2D eigenvalue weighted by molar-refractivity contribution is 4.85. The fourth-order valence-corrected chi connectivity index (χ4v) is 10.4. The van der Waals surface area contributed by atoms with E-state index in [1.807, 2.05) is 0 Å². The van der Waals surface area contributed by atoms with E-state index in [1.165, 1.54) is 186 Å². The fourth-order valence-electron chi connectivity index (χ4n) is 10.4. The number of rotatable bonds is 28. The van der Waals surface area contributed by atoms with E-state index in [-0.39, 0.29) is 12.4 Å². The van der Waals surface area contributed by atoms with Crippen LogP contribution >= 0.6 is 0 Å². The van der Waals surface area contributed by atoms with Crippen molar-refractivity contribution in [3.63, 3.8) is 0 Å². The van der Waals surface area contributed by atoms with E-state index in [0.29, 0.717) is 0 Å². The van der Waals surface area contributed by atoms with Crippen LogP contribution in [0.25, 0.3) is 0 Å². The second kappa shape index (κ2) is 28.8. The average Bonchev–Trinajstić information content (AvgIpc) is 3.04. The van der Waals surface area contributed by atoms with Crippen molar-refractivity contribution in [1.29, 1.82) is 0 Å². The molecule has 2 aliphatic carbocycles. The van der Waals surface area contributed by atoms with Crippen molar-refractivity contribution in [2.75, 3.05) is 6.54 Å². The van der Waals surface area contributed by atoms with Gasteiger partial charge in [-0.15, -0.1) is 0 Å². The van der Waals surface area contributed by atoms with Gasteiger partial charge in [-0.05, 0) is 68.1 Å². The first kappa shape index (κ1) is 46.3. The van der Waals surface area contributed by atoms with Gasteiger partial charge in [0, 0.05) is 24.7 Å². The molecule has 0 amide bonds. The highest BCUT2D eigenvalue weighted by Gasteiger charge is 2.45. The van der Waals surface area contributed by atoms with Gasteiger partial charge < -0.3 is 17.3 Å². The van der Waals surface area contributed by atoms with Gasteiger partial charge in [-0.1, -0.05) is 184 Å². The Bertz CT molecular complexity index is 672. The molecule has 0 aromatic rings. The van der Waals surface area contributed by atoms with E-state index in [2.05, 4.69) is 60.3 Å². The van der Waals surface area contributed by atoms with Crippen LogP contribution in [0.1, 0.15) is 235 Å². The quantitative estimate of drug-likeness (QED) is 0.0778. The van der Waals surface area contributed by atoms with Crippen LogP contribution in [-0.2, 0) is 0 Å². The summed E-state index contributed by atoms with van der Waals surface area (Å²) in [7, 11) is 0. The van der Waals surface area contributed by atoms with E-state index in [0.717, 1.165) is 53.5 Å². The topological polar surface area (TPSA) is 4.44 Å². The van der Waals surface area contributed by atoms with Crippen LogP contribution in [0, 0.1) is 41.4 Å². The van der Waals surface area contributed by atoms with Crippen molar-refractivity contribution in [2.24, 2.45) is 41.4 Å². The molecule has 1 N–H and O–H groups in total. The summed E-state index contributed by atoms with van der Waals surface area (Å²) < 4.78 is 0. The molecule has 1 nitrogen and oxygen atoms in total. The minimum absolute atomic E-state index is 0. The van der Waals surface area contributed by atoms with Crippen molar-refractivity contribution in [3.05, 3.63) is 0 Å². The van der Waals surface area contributed by atoms with Crippen molar-refractivity contribution in [3.8, 4) is 0 Å². The molecule has 0 spiro atoms. The van der Waals surface area contributed by atoms with Crippen molar-refractivity contribution < 1.29 is 17.3 Å². The highest BCUT2D eigenvalue weighted by atomic mass is 35.5. The van der Waals surface area contributed by atoms with Gasteiger partial charge in [-0.25, -0.2) is 0 Å². The van der Waals surface area contributed by atoms with Crippen LogP contribution in [0.3, 0.4) is 0 Å². The largest absolute Gasteiger partial charge is 1.00 e. The average molecular weight is 695 g/mol. The first-order chi connectivity index (χ1) is 22.8. The number of nitrogens with one attached hydrogen (secondary N) is 1. The van der Waals surface area contributed by atoms with E-state index < -0.39 is 0 Å². The standard InChI is InChI=1S/C46H91N.ClH/c1-9-11-29-42(10-2)30-27-25-23-21-19-17-15-13-12-14-16-18-20-22-24-26-28-35-47(45-36-40(7)31-33-43(45)38(3)4)46-37-41(8)32-34-44(46)39(5)6;/h38-46H,9-37H2,1-8H3;1H. The third-order valence-electron chi connectivity index (χ3n) is 13.6. The Kier molecular flexibility index (Phi) is 27.8. The molecular formula is C46H92ClN. The molecule has 0 heterocycles. The first-order valence-corrected chi connectivity index (χ1v) is 22.6. The first-order valence-electron chi connectivity index (χ1n) is 22.6. The second-order valence-electron chi connectivity index (χ2n) is 18.4. The lowest BCUT2D eigenvalue weighted by Crippen LogP contribution is -3.21. The Morgan fingerprint density at radius 3 is 1.19 bits per heavy atom. The van der Waals surface area contributed by atoms with Crippen molar-refractivity contribution >= 4 is 0 Å². The molecule has 2 saturated carbocycles. The van der Waals surface area contributed by atoms with Gasteiger partial charge in [0.2, 0.25) is 0 Å². The molecule has 0 bridgehead atoms. The minimum atomic E-state index is 0. The number of hydrogen-bond acceptors (Lipinski definition) is 0. The summed E-state index contributed by atoms with van der Waals surface area (Å²) in [4.78, 5) is 2.08. The molecule has 288 valence electrons. The van der Waals surface area contributed by atoms with Crippen LogP contribution < -0.4 is 17.3 Å². The molecule has 7 unspecified atom stereocenters. The Morgan fingerprint density at radius 1 is 0.479 bits per heavy atom. The normalized spacial score (nSPS) is 26.1. The maximum atomic E-state index is 2.56. The maximum absolute atomic E-state index is 2.56. The molecule has 7 atom stereocenters. The summed E-state index contributed by atoms with van der Waals surface area (Å²) >= 11 is 0. The zero-order valence-corrected chi connectivity index (χ0v) is 35.3. The van der Waals surface area contributed by atoms with E-state index in [1.54, 1.807) is 0 Å². The van der Waals surface area contributed by atoms with Crippen LogP contribution in [0.5, 0.6) is 0 Å². The molecule has 0 radical (unpaired) electrons. The lowest BCUT2D eigenvalue weighted by molar-refractivity contribution is -0.961. The number of hydrogen-bond donors (Lipinski definition) is 1. The predicted molar refractivity (Wildman–Crippen MR) is 213 cm³/mol. The Balaban J connectivity index is 0.0000115. The summed E-state index contributed by atoms with van der Waals surface area (Å²) in [6.07, 6.45) is 41.3. The summed E-state index contributed by atoms with van der Waals surface area (Å²) in [6.45, 7) is 21.5. The summed E-state index contributed by atoms with van der Waals surface area (Å²) in [5.41, 5.74) is 0. The molecule has 2 aliphatic rings. The number of quaternary nitrogens is 1. The van der Waals surface area contributed by atoms with Gasteiger partial charge in [0.05, 0.1) is 18.6 Å². The van der Waals surface area contributed by atoms with Gasteiger partial charge in [0.25, 0.3) is 0 Å². The highest BCUT2D eigenvalue weighted by Crippen LogP contribution is 2.36. The number of halogens is 1. The summed E-state index contributed by atoms with van der Waals surface area (Å²) in [5, 5.41) is 0. The van der Waals surface area contributed by atoms with Crippen molar-refractivity contribution in [2.45, 2.75) is 247 Å². The molecular weight excluding hydrogens is 602 g/mol. The van der Waals surface area contributed by atoms with Gasteiger partial charge in [0.15, 0.2) is 0 Å². The Labute approximate surface area is 311 Å². The third kappa shape index (κ3) is 19.2. The Morgan fingerprint density at radius 2 is 0.833 bits per heavy atom. The smallest absolute Gasteiger partial charge is 0.0910 e. The van der Waals surface area contributed by atoms with Crippen LogP contribution in [-0.4, -0.2) is 18.6 Å². The molecule has 2 fully saturated rings. The minimum Gasteiger partial charge on any atom is -1.00 e. The predicted octanol–water partition coefficient (Wildman–Crippen LogP) is 11.0. The Hall–Kier alpha value is 0.250. The molecule has 0 aromatic heterocycles. The number of unbranched alkanes of at least 4 members (excludes halogenated alkanes) is 17.